The van der Waals surface area contributed by atoms with Crippen molar-refractivity contribution >= 4 is 36.8 Å². The Hall–Kier alpha value is -2.16. The van der Waals surface area contributed by atoms with Crippen molar-refractivity contribution in [3.63, 3.8) is 0 Å². The van der Waals surface area contributed by atoms with Crippen LogP contribution in [0.4, 0.5) is 0 Å². The molecule has 3 rings (SSSR count). The predicted molar refractivity (Wildman–Crippen MR) is 131 cm³/mol. The number of rotatable bonds is 7. The van der Waals surface area contributed by atoms with Gasteiger partial charge in [-0.3, -0.25) is 4.68 Å². The number of carboxylic acids is 1. The molecular weight excluding hydrogens is 444 g/mol. The minimum atomic E-state index is -1.82. The molecule has 9 heteroatoms. The first kappa shape index (κ1) is 24.5. The van der Waals surface area contributed by atoms with Crippen molar-refractivity contribution in [1.29, 1.82) is 0 Å². The SMILES string of the molecule is Cc1cc(-c2nn(C(C)CCO[Si](C)(C)C(C)(C)C)c3cc(Cl)ncc23)n(C)c1C(=O)O. The molecule has 1 atom stereocenters. The number of pyridine rings is 1. The largest absolute Gasteiger partial charge is 0.477 e. The smallest absolute Gasteiger partial charge is 0.352 e. The second-order valence-electron chi connectivity index (χ2n) is 9.99. The molecule has 0 saturated carbocycles. The lowest BCUT2D eigenvalue weighted by atomic mass is 10.2. The van der Waals surface area contributed by atoms with E-state index in [0.29, 0.717) is 23.0 Å². The number of hydrogen-bond acceptors (Lipinski definition) is 4. The van der Waals surface area contributed by atoms with Crippen LogP contribution in [-0.4, -0.2) is 45.3 Å². The van der Waals surface area contributed by atoms with E-state index in [4.69, 9.17) is 21.1 Å². The molecule has 0 aromatic carbocycles. The third-order valence-electron chi connectivity index (χ3n) is 6.65. The van der Waals surface area contributed by atoms with Crippen LogP contribution in [0.5, 0.6) is 0 Å². The molecule has 1 unspecified atom stereocenters. The first-order chi connectivity index (χ1) is 14.7. The quantitative estimate of drug-likeness (QED) is 0.330. The van der Waals surface area contributed by atoms with Gasteiger partial charge in [-0.05, 0) is 50.0 Å². The van der Waals surface area contributed by atoms with Crippen molar-refractivity contribution in [3.05, 3.63) is 34.7 Å². The van der Waals surface area contributed by atoms with Gasteiger partial charge in [0.15, 0.2) is 8.32 Å². The number of aryl methyl sites for hydroxylation is 1. The van der Waals surface area contributed by atoms with Gasteiger partial charge in [0, 0.05) is 31.3 Å². The Morgan fingerprint density at radius 3 is 2.53 bits per heavy atom. The van der Waals surface area contributed by atoms with Gasteiger partial charge in [-0.15, -0.1) is 0 Å². The summed E-state index contributed by atoms with van der Waals surface area (Å²) in [5.41, 5.74) is 3.24. The molecule has 3 heterocycles. The van der Waals surface area contributed by atoms with E-state index in [2.05, 4.69) is 45.8 Å². The molecule has 0 radical (unpaired) electrons. The molecule has 32 heavy (non-hydrogen) atoms. The molecule has 0 aliphatic carbocycles. The van der Waals surface area contributed by atoms with Crippen LogP contribution < -0.4 is 0 Å². The van der Waals surface area contributed by atoms with Crippen LogP contribution in [0.25, 0.3) is 22.3 Å². The van der Waals surface area contributed by atoms with E-state index >= 15 is 0 Å². The summed E-state index contributed by atoms with van der Waals surface area (Å²) in [6, 6.07) is 3.73. The van der Waals surface area contributed by atoms with E-state index < -0.39 is 14.3 Å². The predicted octanol–water partition coefficient (Wildman–Crippen LogP) is 6.07. The summed E-state index contributed by atoms with van der Waals surface area (Å²) in [5, 5.41) is 15.9. The topological polar surface area (TPSA) is 82.2 Å². The Morgan fingerprint density at radius 1 is 1.31 bits per heavy atom. The van der Waals surface area contributed by atoms with Gasteiger partial charge in [0.25, 0.3) is 0 Å². The zero-order chi connectivity index (χ0) is 24.0. The summed E-state index contributed by atoms with van der Waals surface area (Å²) in [7, 11) is -0.0778. The van der Waals surface area contributed by atoms with Crippen molar-refractivity contribution in [1.82, 2.24) is 19.3 Å². The van der Waals surface area contributed by atoms with Gasteiger partial charge in [0.1, 0.15) is 16.5 Å². The third kappa shape index (κ3) is 4.49. The highest BCUT2D eigenvalue weighted by Crippen LogP contribution is 2.37. The summed E-state index contributed by atoms with van der Waals surface area (Å²) in [4.78, 5) is 15.9. The molecule has 3 aromatic rings. The number of carboxylic acid groups (broad SMARTS) is 1. The summed E-state index contributed by atoms with van der Waals surface area (Å²) in [6.07, 6.45) is 2.51. The van der Waals surface area contributed by atoms with Crippen LogP contribution in [0.2, 0.25) is 23.3 Å². The lowest BCUT2D eigenvalue weighted by Crippen LogP contribution is -2.41. The van der Waals surface area contributed by atoms with Crippen molar-refractivity contribution in [2.45, 2.75) is 65.2 Å². The van der Waals surface area contributed by atoms with Crippen LogP contribution in [0, 0.1) is 6.92 Å². The van der Waals surface area contributed by atoms with Gasteiger partial charge in [-0.1, -0.05) is 32.4 Å². The summed E-state index contributed by atoms with van der Waals surface area (Å²) >= 11 is 6.21. The number of aromatic nitrogens is 4. The lowest BCUT2D eigenvalue weighted by Gasteiger charge is -2.36. The molecule has 0 spiro atoms. The Morgan fingerprint density at radius 2 is 1.97 bits per heavy atom. The standard InChI is InChI=1S/C23H33ClN4O3Si/c1-14-11-18(27(6)21(14)22(29)30)20-16-13-25-19(24)12-17(16)28(26-20)15(2)9-10-31-32(7,8)23(3,4)5/h11-13,15H,9-10H2,1-8H3,(H,29,30). The van der Waals surface area contributed by atoms with E-state index in [1.165, 1.54) is 0 Å². The van der Waals surface area contributed by atoms with Crippen molar-refractivity contribution < 1.29 is 14.3 Å². The summed E-state index contributed by atoms with van der Waals surface area (Å²) in [6.45, 7) is 15.8. The van der Waals surface area contributed by atoms with E-state index in [0.717, 1.165) is 23.0 Å². The minimum absolute atomic E-state index is 0.0646. The van der Waals surface area contributed by atoms with Gasteiger partial charge in [-0.25, -0.2) is 9.78 Å². The molecule has 0 bridgehead atoms. The highest BCUT2D eigenvalue weighted by Gasteiger charge is 2.37. The fourth-order valence-corrected chi connectivity index (χ4v) is 4.86. The zero-order valence-corrected chi connectivity index (χ0v) is 21.9. The molecule has 174 valence electrons. The fraction of sp³-hybridized carbons (Fsp3) is 0.522. The summed E-state index contributed by atoms with van der Waals surface area (Å²) in [5.74, 6) is -0.961. The number of nitrogens with zero attached hydrogens (tertiary/aromatic N) is 4. The minimum Gasteiger partial charge on any atom is -0.477 e. The molecule has 0 aliphatic heterocycles. The van der Waals surface area contributed by atoms with Gasteiger partial charge >= 0.3 is 5.97 Å². The zero-order valence-electron chi connectivity index (χ0n) is 20.2. The molecule has 3 aromatic heterocycles. The van der Waals surface area contributed by atoms with Gasteiger partial charge in [0.05, 0.1) is 17.3 Å². The van der Waals surface area contributed by atoms with E-state index in [1.54, 1.807) is 24.7 Å². The lowest BCUT2D eigenvalue weighted by molar-refractivity contribution is 0.0686. The van der Waals surface area contributed by atoms with Crippen LogP contribution in [0.1, 0.15) is 56.2 Å². The monoisotopic (exact) mass is 476 g/mol. The third-order valence-corrected chi connectivity index (χ3v) is 11.4. The first-order valence-electron chi connectivity index (χ1n) is 10.8. The fourth-order valence-electron chi connectivity index (χ4n) is 3.65. The van der Waals surface area contributed by atoms with Crippen LogP contribution >= 0.6 is 11.6 Å². The van der Waals surface area contributed by atoms with E-state index in [9.17, 15) is 9.90 Å². The van der Waals surface area contributed by atoms with E-state index in [-0.39, 0.29) is 16.8 Å². The number of carbonyl (C=O) groups is 1. The Labute approximate surface area is 195 Å². The molecule has 7 nitrogen and oxygen atoms in total. The molecule has 1 N–H and O–H groups in total. The molecule has 0 fully saturated rings. The average molecular weight is 477 g/mol. The molecule has 0 amide bonds. The van der Waals surface area contributed by atoms with Crippen LogP contribution in [0.15, 0.2) is 18.3 Å². The average Bonchev–Trinajstić information content (AvgIpc) is 3.17. The number of halogens is 1. The molecule has 0 aliphatic rings. The number of hydrogen-bond donors (Lipinski definition) is 1. The number of fused-ring (bicyclic) bond motifs is 1. The van der Waals surface area contributed by atoms with Crippen molar-refractivity contribution in [2.24, 2.45) is 7.05 Å². The first-order valence-corrected chi connectivity index (χ1v) is 14.1. The van der Waals surface area contributed by atoms with Crippen LogP contribution in [0.3, 0.4) is 0 Å². The number of aromatic carboxylic acids is 1. The van der Waals surface area contributed by atoms with Gasteiger partial charge < -0.3 is 14.1 Å². The van der Waals surface area contributed by atoms with Gasteiger partial charge in [0.2, 0.25) is 0 Å². The normalized spacial score (nSPS) is 13.7. The second-order valence-corrected chi connectivity index (χ2v) is 15.2. The maximum absolute atomic E-state index is 11.7. The maximum atomic E-state index is 11.7. The summed E-state index contributed by atoms with van der Waals surface area (Å²) < 4.78 is 9.99. The molecular formula is C23H33ClN4O3Si. The Bertz CT molecular complexity index is 1160. The van der Waals surface area contributed by atoms with Crippen molar-refractivity contribution in [3.8, 4) is 11.4 Å². The van der Waals surface area contributed by atoms with Crippen molar-refractivity contribution in [2.75, 3.05) is 6.61 Å². The highest BCUT2D eigenvalue weighted by molar-refractivity contribution is 6.74. The van der Waals surface area contributed by atoms with E-state index in [1.807, 2.05) is 16.8 Å². The van der Waals surface area contributed by atoms with Crippen LogP contribution in [-0.2, 0) is 11.5 Å². The Kier molecular flexibility index (Phi) is 6.61. The molecule has 0 saturated heterocycles. The Balaban J connectivity index is 1.98. The second kappa shape index (κ2) is 8.65. The van der Waals surface area contributed by atoms with Gasteiger partial charge in [-0.2, -0.15) is 5.10 Å². The highest BCUT2D eigenvalue weighted by atomic mass is 35.5. The maximum Gasteiger partial charge on any atom is 0.352 e.